The molecule has 16 heavy (non-hydrogen) atoms. The molecule has 80 valence electrons. The van der Waals surface area contributed by atoms with Crippen molar-refractivity contribution in [2.75, 3.05) is 0 Å². The van der Waals surface area contributed by atoms with E-state index in [4.69, 9.17) is 4.74 Å². The van der Waals surface area contributed by atoms with E-state index in [-0.39, 0.29) is 0 Å². The van der Waals surface area contributed by atoms with Crippen LogP contribution in [-0.4, -0.2) is 9.52 Å². The average molecular weight is 226 g/mol. The first-order chi connectivity index (χ1) is 7.88. The van der Waals surface area contributed by atoms with Crippen LogP contribution in [0.15, 0.2) is 54.6 Å². The molecule has 0 aliphatic rings. The molecule has 0 heterocycles. The Morgan fingerprint density at radius 2 is 1.50 bits per heavy atom. The molecular weight excluding hydrogens is 212 g/mol. The monoisotopic (exact) mass is 226 g/mol. The molecular formula is C14H14OSi. The van der Waals surface area contributed by atoms with Gasteiger partial charge in [-0.05, 0) is 24.3 Å². The third-order valence-electron chi connectivity index (χ3n) is 2.21. The molecule has 1 nitrogen and oxygen atoms in total. The van der Waals surface area contributed by atoms with Crippen LogP contribution in [0.4, 0.5) is 0 Å². The number of rotatable bonds is 4. The summed E-state index contributed by atoms with van der Waals surface area (Å²) in [5.41, 5.74) is 0. The lowest BCUT2D eigenvalue weighted by Crippen LogP contribution is -2.11. The van der Waals surface area contributed by atoms with E-state index in [0.29, 0.717) is 0 Å². The number of benzene rings is 2. The molecule has 2 radical (unpaired) electrons. The highest BCUT2D eigenvalue weighted by molar-refractivity contribution is 6.53. The molecule has 0 saturated carbocycles. The fourth-order valence-electron chi connectivity index (χ4n) is 1.47. The largest absolute Gasteiger partial charge is 0.457 e. The van der Waals surface area contributed by atoms with Gasteiger partial charge in [0.15, 0.2) is 0 Å². The zero-order valence-electron chi connectivity index (χ0n) is 9.31. The molecule has 0 bridgehead atoms. The minimum atomic E-state index is 0.883. The smallest absolute Gasteiger partial charge is 0.127 e. The fourth-order valence-corrected chi connectivity index (χ4v) is 2.28. The molecule has 0 saturated heterocycles. The minimum Gasteiger partial charge on any atom is -0.457 e. The second kappa shape index (κ2) is 5.52. The molecule has 0 N–H and O–H groups in total. The van der Waals surface area contributed by atoms with Crippen LogP contribution >= 0.6 is 0 Å². The van der Waals surface area contributed by atoms with E-state index >= 15 is 0 Å². The number of ether oxygens (including phenoxy) is 1. The predicted molar refractivity (Wildman–Crippen MR) is 68.8 cm³/mol. The molecule has 0 unspecified atom stereocenters. The summed E-state index contributed by atoms with van der Waals surface area (Å²) >= 11 is 0. The normalized spacial score (nSPS) is 10.1. The Labute approximate surface area is 98.9 Å². The molecule has 0 aliphatic heterocycles. The molecule has 0 fully saturated rings. The van der Waals surface area contributed by atoms with Gasteiger partial charge in [0.05, 0.1) is 9.52 Å². The molecule has 0 aromatic heterocycles. The van der Waals surface area contributed by atoms with E-state index in [0.717, 1.165) is 21.0 Å². The summed E-state index contributed by atoms with van der Waals surface area (Å²) < 4.78 is 5.71. The zero-order chi connectivity index (χ0) is 11.2. The standard InChI is InChI=1S/C14H14OSi/c1-2-16-14-10-8-13(9-11-14)15-12-6-4-3-5-7-12/h3-11H,2H2,1H3. The number of hydrogen-bond acceptors (Lipinski definition) is 1. The SMILES string of the molecule is CC[Si]c1ccc(Oc2ccccc2)cc1. The van der Waals surface area contributed by atoms with E-state index in [1.807, 2.05) is 42.5 Å². The summed E-state index contributed by atoms with van der Waals surface area (Å²) in [6, 6.07) is 19.4. The van der Waals surface area contributed by atoms with Gasteiger partial charge >= 0.3 is 0 Å². The highest BCUT2D eigenvalue weighted by Crippen LogP contribution is 2.19. The van der Waals surface area contributed by atoms with Crippen molar-refractivity contribution in [3.63, 3.8) is 0 Å². The summed E-state index contributed by atoms with van der Waals surface area (Å²) in [7, 11) is 0.896. The molecule has 0 amide bonds. The van der Waals surface area contributed by atoms with Crippen molar-refractivity contribution in [3.8, 4) is 11.5 Å². The fraction of sp³-hybridized carbons (Fsp3) is 0.143. The van der Waals surface area contributed by atoms with Crippen LogP contribution in [0.3, 0.4) is 0 Å². The summed E-state index contributed by atoms with van der Waals surface area (Å²) in [5.74, 6) is 1.78. The molecule has 0 atom stereocenters. The summed E-state index contributed by atoms with van der Waals surface area (Å²) in [4.78, 5) is 0. The van der Waals surface area contributed by atoms with E-state index in [9.17, 15) is 0 Å². The van der Waals surface area contributed by atoms with Crippen molar-refractivity contribution in [1.82, 2.24) is 0 Å². The van der Waals surface area contributed by atoms with Crippen LogP contribution in [0, 0.1) is 0 Å². The molecule has 0 aliphatic carbocycles. The second-order valence-corrected chi connectivity index (χ2v) is 5.11. The Morgan fingerprint density at radius 3 is 2.12 bits per heavy atom. The van der Waals surface area contributed by atoms with E-state index < -0.39 is 0 Å². The van der Waals surface area contributed by atoms with Crippen molar-refractivity contribution in [3.05, 3.63) is 54.6 Å². The molecule has 2 aromatic rings. The first-order valence-corrected chi connectivity index (χ1v) is 6.66. The molecule has 2 heteroatoms. The third-order valence-corrected chi connectivity index (χ3v) is 3.31. The maximum absolute atomic E-state index is 5.71. The third kappa shape index (κ3) is 2.97. The van der Waals surface area contributed by atoms with Crippen LogP contribution in [0.1, 0.15) is 6.92 Å². The van der Waals surface area contributed by atoms with Gasteiger partial charge in [0.1, 0.15) is 11.5 Å². The topological polar surface area (TPSA) is 9.23 Å². The Kier molecular flexibility index (Phi) is 3.78. The van der Waals surface area contributed by atoms with Crippen molar-refractivity contribution in [2.45, 2.75) is 13.0 Å². The molecule has 2 aromatic carbocycles. The van der Waals surface area contributed by atoms with E-state index in [1.54, 1.807) is 0 Å². The van der Waals surface area contributed by atoms with Crippen molar-refractivity contribution >= 4 is 14.7 Å². The summed E-state index contributed by atoms with van der Waals surface area (Å²) in [6.45, 7) is 2.20. The van der Waals surface area contributed by atoms with Crippen LogP contribution in [0.25, 0.3) is 0 Å². The van der Waals surface area contributed by atoms with Gasteiger partial charge in [0, 0.05) is 0 Å². The minimum absolute atomic E-state index is 0.883. The van der Waals surface area contributed by atoms with Crippen molar-refractivity contribution in [2.24, 2.45) is 0 Å². The highest BCUT2D eigenvalue weighted by Gasteiger charge is 1.97. The average Bonchev–Trinajstić information content (AvgIpc) is 2.33. The first-order valence-electron chi connectivity index (χ1n) is 5.45. The molecule has 0 spiro atoms. The lowest BCUT2D eigenvalue weighted by Gasteiger charge is -2.05. The van der Waals surface area contributed by atoms with Gasteiger partial charge in [-0.15, -0.1) is 0 Å². The van der Waals surface area contributed by atoms with Gasteiger partial charge in [-0.25, -0.2) is 0 Å². The summed E-state index contributed by atoms with van der Waals surface area (Å²) in [6.07, 6.45) is 0. The first kappa shape index (κ1) is 11.0. The Balaban J connectivity index is 2.05. The van der Waals surface area contributed by atoms with Gasteiger partial charge in [-0.3, -0.25) is 0 Å². The maximum atomic E-state index is 5.71. The highest BCUT2D eigenvalue weighted by atomic mass is 28.2. The van der Waals surface area contributed by atoms with E-state index in [2.05, 4.69) is 19.1 Å². The number of para-hydroxylation sites is 1. The van der Waals surface area contributed by atoms with Gasteiger partial charge < -0.3 is 4.74 Å². The Hall–Kier alpha value is -1.54. The van der Waals surface area contributed by atoms with Crippen molar-refractivity contribution < 1.29 is 4.74 Å². The second-order valence-electron chi connectivity index (χ2n) is 3.47. The van der Waals surface area contributed by atoms with Gasteiger partial charge in [0.25, 0.3) is 0 Å². The van der Waals surface area contributed by atoms with Gasteiger partial charge in [-0.2, -0.15) is 0 Å². The molecule has 2 rings (SSSR count). The van der Waals surface area contributed by atoms with Crippen LogP contribution in [0.2, 0.25) is 6.04 Å². The predicted octanol–water partition coefficient (Wildman–Crippen LogP) is 3.25. The van der Waals surface area contributed by atoms with Crippen LogP contribution in [0.5, 0.6) is 11.5 Å². The Bertz CT molecular complexity index is 422. The van der Waals surface area contributed by atoms with Crippen LogP contribution < -0.4 is 9.92 Å². The summed E-state index contributed by atoms with van der Waals surface area (Å²) in [5, 5.41) is 1.39. The van der Waals surface area contributed by atoms with E-state index in [1.165, 1.54) is 11.2 Å². The lowest BCUT2D eigenvalue weighted by atomic mass is 10.3. The lowest BCUT2D eigenvalue weighted by molar-refractivity contribution is 0.483. The van der Waals surface area contributed by atoms with Gasteiger partial charge in [0.2, 0.25) is 0 Å². The van der Waals surface area contributed by atoms with Crippen LogP contribution in [-0.2, 0) is 0 Å². The maximum Gasteiger partial charge on any atom is 0.127 e. The van der Waals surface area contributed by atoms with Gasteiger partial charge in [-0.1, -0.05) is 48.5 Å². The Morgan fingerprint density at radius 1 is 0.875 bits per heavy atom. The number of hydrogen-bond donors (Lipinski definition) is 0. The quantitative estimate of drug-likeness (QED) is 0.727. The van der Waals surface area contributed by atoms with Crippen molar-refractivity contribution in [1.29, 1.82) is 0 Å². The zero-order valence-corrected chi connectivity index (χ0v) is 10.3.